The normalized spacial score (nSPS) is 18.6. The number of nitrogens with zero attached hydrogens (tertiary/aromatic N) is 1. The maximum absolute atomic E-state index is 12.0. The molecule has 1 aliphatic rings. The second-order valence-electron chi connectivity index (χ2n) is 3.69. The van der Waals surface area contributed by atoms with E-state index in [9.17, 15) is 14.4 Å². The Balaban J connectivity index is 2.86. The molecule has 1 N–H and O–H groups in total. The summed E-state index contributed by atoms with van der Waals surface area (Å²) in [5.74, 6) is -0.959. The molecule has 0 bridgehead atoms. The number of methoxy groups -OCH3 is 1. The van der Waals surface area contributed by atoms with Crippen LogP contribution in [0.5, 0.6) is 0 Å². The molecule has 6 heteroatoms. The monoisotopic (exact) mass is 228 g/mol. The van der Waals surface area contributed by atoms with Crippen molar-refractivity contribution in [1.82, 2.24) is 10.2 Å². The van der Waals surface area contributed by atoms with Gasteiger partial charge in [0.15, 0.2) is 0 Å². The molecule has 0 radical (unpaired) electrons. The average Bonchev–Trinajstić information content (AvgIpc) is 2.53. The topological polar surface area (TPSA) is 75.7 Å². The van der Waals surface area contributed by atoms with Gasteiger partial charge in [-0.3, -0.25) is 14.5 Å². The lowest BCUT2D eigenvalue weighted by atomic mass is 9.93. The molecule has 0 aromatic rings. The van der Waals surface area contributed by atoms with Crippen molar-refractivity contribution in [3.05, 3.63) is 0 Å². The highest BCUT2D eigenvalue weighted by Gasteiger charge is 2.49. The number of carbonyl (C=O) groups is 3. The fourth-order valence-corrected chi connectivity index (χ4v) is 1.74. The zero-order valence-electron chi connectivity index (χ0n) is 9.70. The molecule has 0 aromatic carbocycles. The first-order chi connectivity index (χ1) is 7.50. The Hall–Kier alpha value is -1.59. The molecular weight excluding hydrogens is 212 g/mol. The third-order valence-electron chi connectivity index (χ3n) is 2.97. The Morgan fingerprint density at radius 1 is 1.38 bits per heavy atom. The Morgan fingerprint density at radius 3 is 2.31 bits per heavy atom. The van der Waals surface area contributed by atoms with E-state index in [0.29, 0.717) is 12.8 Å². The van der Waals surface area contributed by atoms with E-state index in [1.807, 2.05) is 13.8 Å². The van der Waals surface area contributed by atoms with Crippen LogP contribution in [-0.4, -0.2) is 42.0 Å². The number of rotatable bonds is 4. The van der Waals surface area contributed by atoms with Gasteiger partial charge in [0.25, 0.3) is 5.91 Å². The van der Waals surface area contributed by atoms with Gasteiger partial charge in [-0.1, -0.05) is 13.8 Å². The predicted molar refractivity (Wildman–Crippen MR) is 55.6 cm³/mol. The SMILES string of the molecule is CCC1(CC)NC(=O)N(CC(=O)OC)C1=O. The molecule has 6 nitrogen and oxygen atoms in total. The number of urea groups is 1. The first-order valence-corrected chi connectivity index (χ1v) is 5.21. The molecule has 0 atom stereocenters. The first kappa shape index (κ1) is 12.5. The van der Waals surface area contributed by atoms with Gasteiger partial charge in [-0.2, -0.15) is 0 Å². The molecule has 1 rings (SSSR count). The second-order valence-corrected chi connectivity index (χ2v) is 3.69. The summed E-state index contributed by atoms with van der Waals surface area (Å²) in [6.07, 6.45) is 1.01. The van der Waals surface area contributed by atoms with Crippen LogP contribution in [0.25, 0.3) is 0 Å². The van der Waals surface area contributed by atoms with E-state index in [-0.39, 0.29) is 12.5 Å². The quantitative estimate of drug-likeness (QED) is 0.553. The summed E-state index contributed by atoms with van der Waals surface area (Å²) in [4.78, 5) is 35.5. The summed E-state index contributed by atoms with van der Waals surface area (Å²) in [5.41, 5.74) is -0.856. The minimum absolute atomic E-state index is 0.330. The van der Waals surface area contributed by atoms with Crippen molar-refractivity contribution in [2.75, 3.05) is 13.7 Å². The highest BCUT2D eigenvalue weighted by molar-refractivity contribution is 6.08. The number of carbonyl (C=O) groups excluding carboxylic acids is 3. The molecule has 0 unspecified atom stereocenters. The lowest BCUT2D eigenvalue weighted by Crippen LogP contribution is -2.46. The van der Waals surface area contributed by atoms with E-state index in [2.05, 4.69) is 10.1 Å². The number of imide groups is 1. The Labute approximate surface area is 93.9 Å². The summed E-state index contributed by atoms with van der Waals surface area (Å²) in [6, 6.07) is -0.529. The Kier molecular flexibility index (Phi) is 3.51. The van der Waals surface area contributed by atoms with Crippen molar-refractivity contribution in [2.45, 2.75) is 32.2 Å². The molecule has 1 fully saturated rings. The number of amides is 3. The van der Waals surface area contributed by atoms with E-state index < -0.39 is 17.5 Å². The summed E-state index contributed by atoms with van der Waals surface area (Å²) in [7, 11) is 1.22. The molecule has 0 aliphatic carbocycles. The standard InChI is InChI=1S/C10H16N2O4/c1-4-10(5-2)8(14)12(9(15)11-10)6-7(13)16-3/h4-6H2,1-3H3,(H,11,15). The molecule has 1 aliphatic heterocycles. The van der Waals surface area contributed by atoms with Gasteiger partial charge < -0.3 is 10.1 Å². The zero-order valence-corrected chi connectivity index (χ0v) is 9.70. The third-order valence-corrected chi connectivity index (χ3v) is 2.97. The highest BCUT2D eigenvalue weighted by atomic mass is 16.5. The summed E-state index contributed by atoms with van der Waals surface area (Å²) >= 11 is 0. The molecule has 0 aromatic heterocycles. The minimum atomic E-state index is -0.856. The van der Waals surface area contributed by atoms with Gasteiger partial charge in [0.2, 0.25) is 0 Å². The van der Waals surface area contributed by atoms with Gasteiger partial charge >= 0.3 is 12.0 Å². The summed E-state index contributed by atoms with van der Waals surface area (Å²) in [6.45, 7) is 3.32. The van der Waals surface area contributed by atoms with Crippen molar-refractivity contribution in [1.29, 1.82) is 0 Å². The molecule has 90 valence electrons. The van der Waals surface area contributed by atoms with E-state index in [1.165, 1.54) is 7.11 Å². The molecule has 1 heterocycles. The van der Waals surface area contributed by atoms with E-state index in [4.69, 9.17) is 0 Å². The fourth-order valence-electron chi connectivity index (χ4n) is 1.74. The molecule has 0 saturated carbocycles. The number of ether oxygens (including phenoxy) is 1. The molecular formula is C10H16N2O4. The number of esters is 1. The minimum Gasteiger partial charge on any atom is -0.468 e. The Morgan fingerprint density at radius 2 is 1.94 bits per heavy atom. The fraction of sp³-hybridized carbons (Fsp3) is 0.700. The average molecular weight is 228 g/mol. The summed E-state index contributed by atoms with van der Waals surface area (Å²) in [5, 5.41) is 2.63. The van der Waals surface area contributed by atoms with Crippen LogP contribution in [0.1, 0.15) is 26.7 Å². The smallest absolute Gasteiger partial charge is 0.325 e. The van der Waals surface area contributed by atoms with Gasteiger partial charge in [0.05, 0.1) is 7.11 Å². The van der Waals surface area contributed by atoms with Crippen molar-refractivity contribution in [2.24, 2.45) is 0 Å². The van der Waals surface area contributed by atoms with Crippen LogP contribution in [0.15, 0.2) is 0 Å². The molecule has 3 amide bonds. The largest absolute Gasteiger partial charge is 0.468 e. The maximum atomic E-state index is 12.0. The highest BCUT2D eigenvalue weighted by Crippen LogP contribution is 2.24. The number of hydrogen-bond acceptors (Lipinski definition) is 4. The van der Waals surface area contributed by atoms with E-state index >= 15 is 0 Å². The van der Waals surface area contributed by atoms with Gasteiger partial charge in [0, 0.05) is 0 Å². The summed E-state index contributed by atoms with van der Waals surface area (Å²) < 4.78 is 4.43. The van der Waals surface area contributed by atoms with Crippen LogP contribution in [0.2, 0.25) is 0 Å². The lowest BCUT2D eigenvalue weighted by Gasteiger charge is -2.22. The third kappa shape index (κ3) is 1.87. The van der Waals surface area contributed by atoms with Gasteiger partial charge in [0.1, 0.15) is 12.1 Å². The van der Waals surface area contributed by atoms with Crippen LogP contribution in [0, 0.1) is 0 Å². The van der Waals surface area contributed by atoms with Crippen LogP contribution < -0.4 is 5.32 Å². The second kappa shape index (κ2) is 4.51. The molecule has 1 saturated heterocycles. The van der Waals surface area contributed by atoms with Crippen LogP contribution in [0.4, 0.5) is 4.79 Å². The predicted octanol–water partition coefficient (Wildman–Crippen LogP) is 0.270. The molecule has 0 spiro atoms. The zero-order chi connectivity index (χ0) is 12.3. The number of hydrogen-bond donors (Lipinski definition) is 1. The van der Waals surface area contributed by atoms with Crippen molar-refractivity contribution >= 4 is 17.9 Å². The van der Waals surface area contributed by atoms with Gasteiger partial charge in [-0.15, -0.1) is 0 Å². The van der Waals surface area contributed by atoms with Gasteiger partial charge in [-0.05, 0) is 12.8 Å². The maximum Gasteiger partial charge on any atom is 0.325 e. The first-order valence-electron chi connectivity index (χ1n) is 5.21. The van der Waals surface area contributed by atoms with E-state index in [1.54, 1.807) is 0 Å². The number of nitrogens with one attached hydrogen (secondary N) is 1. The van der Waals surface area contributed by atoms with Crippen LogP contribution in [-0.2, 0) is 14.3 Å². The Bertz CT molecular complexity index is 323. The van der Waals surface area contributed by atoms with Crippen LogP contribution >= 0.6 is 0 Å². The van der Waals surface area contributed by atoms with E-state index in [0.717, 1.165) is 4.90 Å². The van der Waals surface area contributed by atoms with Gasteiger partial charge in [-0.25, -0.2) is 4.79 Å². The van der Waals surface area contributed by atoms with Crippen molar-refractivity contribution < 1.29 is 19.1 Å². The van der Waals surface area contributed by atoms with Crippen molar-refractivity contribution in [3.8, 4) is 0 Å². The van der Waals surface area contributed by atoms with Crippen LogP contribution in [0.3, 0.4) is 0 Å². The molecule has 16 heavy (non-hydrogen) atoms. The lowest BCUT2D eigenvalue weighted by molar-refractivity contribution is -0.145. The van der Waals surface area contributed by atoms with Crippen molar-refractivity contribution in [3.63, 3.8) is 0 Å².